The number of fused-ring (bicyclic) bond motifs is 5. The first-order valence-corrected chi connectivity index (χ1v) is 9.15. The summed E-state index contributed by atoms with van der Waals surface area (Å²) < 4.78 is 0. The molecule has 0 heterocycles. The summed E-state index contributed by atoms with van der Waals surface area (Å²) in [5.74, 6) is 8.38. The molecule has 2 fully saturated rings. The van der Waals surface area contributed by atoms with Crippen molar-refractivity contribution in [3.8, 4) is 23.3 Å². The molecule has 4 rings (SSSR count). The standard InChI is InChI=1S/C21H26O3/c1-3-7-21(24)8-6-15-16-5-4-13-10-14(22)11-18(23)20(13)19(16)12(2)9-17(15)21/h10-12,15-17,19,22-24H,4-6,8-9H2,1-2H3/t12-,15-,16-,17-,19-,21-/m0/s1. The molecule has 1 aromatic rings. The lowest BCUT2D eigenvalue weighted by Gasteiger charge is -2.49. The topological polar surface area (TPSA) is 60.7 Å². The maximum absolute atomic E-state index is 11.0. The lowest BCUT2D eigenvalue weighted by atomic mass is 9.56. The molecule has 0 bridgehead atoms. The summed E-state index contributed by atoms with van der Waals surface area (Å²) in [6.07, 6.45) is 4.72. The highest BCUT2D eigenvalue weighted by Crippen LogP contribution is 2.60. The Morgan fingerprint density at radius 3 is 2.71 bits per heavy atom. The quantitative estimate of drug-likeness (QED) is 0.639. The molecule has 24 heavy (non-hydrogen) atoms. The minimum Gasteiger partial charge on any atom is -0.508 e. The van der Waals surface area contributed by atoms with E-state index in [4.69, 9.17) is 0 Å². The molecular formula is C21H26O3. The van der Waals surface area contributed by atoms with E-state index in [1.54, 1.807) is 0 Å². The molecule has 0 radical (unpaired) electrons. The van der Waals surface area contributed by atoms with Crippen LogP contribution in [0.25, 0.3) is 0 Å². The Labute approximate surface area is 143 Å². The molecule has 128 valence electrons. The van der Waals surface area contributed by atoms with Crippen LogP contribution < -0.4 is 0 Å². The first-order chi connectivity index (χ1) is 11.4. The Hall–Kier alpha value is -1.66. The van der Waals surface area contributed by atoms with Crippen LogP contribution in [0.1, 0.15) is 56.6 Å². The number of phenols is 2. The minimum absolute atomic E-state index is 0.152. The van der Waals surface area contributed by atoms with Crippen LogP contribution in [0.2, 0.25) is 0 Å². The summed E-state index contributed by atoms with van der Waals surface area (Å²) in [6, 6.07) is 3.30. The largest absolute Gasteiger partial charge is 0.508 e. The third-order valence-corrected chi connectivity index (χ3v) is 6.89. The Bertz CT molecular complexity index is 729. The maximum Gasteiger partial charge on any atom is 0.128 e. The van der Waals surface area contributed by atoms with Crippen molar-refractivity contribution in [2.45, 2.75) is 57.5 Å². The van der Waals surface area contributed by atoms with Gasteiger partial charge in [-0.05, 0) is 74.3 Å². The molecule has 0 spiro atoms. The Morgan fingerprint density at radius 1 is 1.17 bits per heavy atom. The summed E-state index contributed by atoms with van der Waals surface area (Å²) in [5.41, 5.74) is 1.32. The summed E-state index contributed by atoms with van der Waals surface area (Å²) in [5, 5.41) is 31.3. The molecule has 0 amide bonds. The van der Waals surface area contributed by atoms with Gasteiger partial charge in [0.15, 0.2) is 0 Å². The van der Waals surface area contributed by atoms with Crippen LogP contribution >= 0.6 is 0 Å². The van der Waals surface area contributed by atoms with Gasteiger partial charge in [-0.2, -0.15) is 0 Å². The fraction of sp³-hybridized carbons (Fsp3) is 0.619. The maximum atomic E-state index is 11.0. The second kappa shape index (κ2) is 5.43. The van der Waals surface area contributed by atoms with Crippen molar-refractivity contribution < 1.29 is 15.3 Å². The number of phenolic OH excluding ortho intramolecular Hbond substituents is 2. The van der Waals surface area contributed by atoms with Gasteiger partial charge in [0.05, 0.1) is 0 Å². The normalized spacial score (nSPS) is 40.0. The van der Waals surface area contributed by atoms with Crippen LogP contribution in [-0.2, 0) is 6.42 Å². The highest BCUT2D eigenvalue weighted by atomic mass is 16.3. The molecule has 3 N–H and O–H groups in total. The monoisotopic (exact) mass is 326 g/mol. The van der Waals surface area contributed by atoms with E-state index in [0.717, 1.165) is 43.2 Å². The molecular weight excluding hydrogens is 300 g/mol. The van der Waals surface area contributed by atoms with Crippen molar-refractivity contribution in [2.75, 3.05) is 0 Å². The smallest absolute Gasteiger partial charge is 0.128 e. The van der Waals surface area contributed by atoms with E-state index in [2.05, 4.69) is 18.8 Å². The first-order valence-electron chi connectivity index (χ1n) is 9.15. The fourth-order valence-electron chi connectivity index (χ4n) is 6.10. The molecule has 0 unspecified atom stereocenters. The number of aliphatic hydroxyl groups is 1. The zero-order valence-corrected chi connectivity index (χ0v) is 14.4. The van der Waals surface area contributed by atoms with Crippen molar-refractivity contribution >= 4 is 0 Å². The van der Waals surface area contributed by atoms with Crippen LogP contribution in [0, 0.1) is 35.5 Å². The summed E-state index contributed by atoms with van der Waals surface area (Å²) in [4.78, 5) is 0. The Kier molecular flexibility index (Phi) is 3.58. The molecule has 1 aromatic carbocycles. The van der Waals surface area contributed by atoms with E-state index in [1.807, 2.05) is 13.0 Å². The number of hydrogen-bond donors (Lipinski definition) is 3. The first kappa shape index (κ1) is 15.8. The van der Waals surface area contributed by atoms with Crippen molar-refractivity contribution in [2.24, 2.45) is 23.7 Å². The zero-order chi connectivity index (χ0) is 17.1. The number of rotatable bonds is 0. The van der Waals surface area contributed by atoms with E-state index in [9.17, 15) is 15.3 Å². The van der Waals surface area contributed by atoms with Crippen molar-refractivity contribution in [3.63, 3.8) is 0 Å². The van der Waals surface area contributed by atoms with Gasteiger partial charge in [-0.3, -0.25) is 0 Å². The van der Waals surface area contributed by atoms with Crippen molar-refractivity contribution in [3.05, 3.63) is 23.3 Å². The lowest BCUT2D eigenvalue weighted by Crippen LogP contribution is -2.45. The average molecular weight is 326 g/mol. The van der Waals surface area contributed by atoms with Gasteiger partial charge in [0.25, 0.3) is 0 Å². The highest BCUT2D eigenvalue weighted by molar-refractivity contribution is 5.49. The number of aromatic hydroxyl groups is 2. The number of hydrogen-bond acceptors (Lipinski definition) is 3. The lowest BCUT2D eigenvalue weighted by molar-refractivity contribution is -0.00897. The predicted octanol–water partition coefficient (Wildman–Crippen LogP) is 3.56. The van der Waals surface area contributed by atoms with Crippen LogP contribution in [-0.4, -0.2) is 20.9 Å². The minimum atomic E-state index is -0.823. The van der Waals surface area contributed by atoms with Crippen molar-refractivity contribution in [1.29, 1.82) is 0 Å². The Morgan fingerprint density at radius 2 is 1.96 bits per heavy atom. The van der Waals surface area contributed by atoms with Gasteiger partial charge in [-0.15, -0.1) is 5.92 Å². The van der Waals surface area contributed by atoms with Crippen LogP contribution in [0.4, 0.5) is 0 Å². The summed E-state index contributed by atoms with van der Waals surface area (Å²) in [6.45, 7) is 4.05. The molecule has 2 saturated carbocycles. The fourth-order valence-corrected chi connectivity index (χ4v) is 6.10. The predicted molar refractivity (Wildman–Crippen MR) is 92.7 cm³/mol. The van der Waals surface area contributed by atoms with Gasteiger partial charge in [0.2, 0.25) is 0 Å². The third kappa shape index (κ3) is 2.16. The van der Waals surface area contributed by atoms with Crippen LogP contribution in [0.3, 0.4) is 0 Å². The molecule has 6 atom stereocenters. The van der Waals surface area contributed by atoms with Gasteiger partial charge < -0.3 is 15.3 Å². The number of benzene rings is 1. The molecule has 0 saturated heterocycles. The molecule has 3 aliphatic rings. The average Bonchev–Trinajstić information content (AvgIpc) is 2.84. The van der Waals surface area contributed by atoms with Gasteiger partial charge in [0, 0.05) is 17.5 Å². The SMILES string of the molecule is CC#C[C@]1(O)CC[C@H]2[C@@H]3CCc4cc(O)cc(O)c4[C@H]3[C@@H](C)C[C@@H]21. The zero-order valence-electron chi connectivity index (χ0n) is 14.4. The third-order valence-electron chi connectivity index (χ3n) is 6.89. The highest BCUT2D eigenvalue weighted by Gasteiger charge is 2.55. The van der Waals surface area contributed by atoms with Crippen LogP contribution in [0.15, 0.2) is 12.1 Å². The van der Waals surface area contributed by atoms with Gasteiger partial charge in [-0.25, -0.2) is 0 Å². The van der Waals surface area contributed by atoms with Crippen LogP contribution in [0.5, 0.6) is 11.5 Å². The van der Waals surface area contributed by atoms with E-state index >= 15 is 0 Å². The van der Waals surface area contributed by atoms with Gasteiger partial charge in [0.1, 0.15) is 17.1 Å². The molecule has 3 nitrogen and oxygen atoms in total. The second-order valence-corrected chi connectivity index (χ2v) is 8.09. The molecule has 0 aromatic heterocycles. The van der Waals surface area contributed by atoms with E-state index in [0.29, 0.717) is 23.7 Å². The second-order valence-electron chi connectivity index (χ2n) is 8.09. The summed E-state index contributed by atoms with van der Waals surface area (Å²) in [7, 11) is 0. The molecule has 3 aliphatic carbocycles. The number of aryl methyl sites for hydroxylation is 1. The molecule has 3 heteroatoms. The summed E-state index contributed by atoms with van der Waals surface area (Å²) >= 11 is 0. The van der Waals surface area contributed by atoms with E-state index in [1.165, 1.54) is 6.07 Å². The van der Waals surface area contributed by atoms with Gasteiger partial charge in [-0.1, -0.05) is 12.8 Å². The molecule has 0 aliphatic heterocycles. The van der Waals surface area contributed by atoms with E-state index in [-0.39, 0.29) is 17.4 Å². The van der Waals surface area contributed by atoms with Gasteiger partial charge >= 0.3 is 0 Å². The van der Waals surface area contributed by atoms with E-state index < -0.39 is 5.60 Å². The Balaban J connectivity index is 1.75. The van der Waals surface area contributed by atoms with Crippen molar-refractivity contribution in [1.82, 2.24) is 0 Å².